The van der Waals surface area contributed by atoms with E-state index in [1.807, 2.05) is 39.8 Å². The van der Waals surface area contributed by atoms with Crippen LogP contribution in [0.15, 0.2) is 24.5 Å². The van der Waals surface area contributed by atoms with Gasteiger partial charge in [0.1, 0.15) is 5.60 Å². The number of likely N-dealkylation sites (tertiary alicyclic amines) is 1. The van der Waals surface area contributed by atoms with Gasteiger partial charge in [-0.15, -0.1) is 0 Å². The Balaban J connectivity index is 1.68. The van der Waals surface area contributed by atoms with E-state index in [1.54, 1.807) is 17.3 Å². The predicted molar refractivity (Wildman–Crippen MR) is 102 cm³/mol. The normalized spacial score (nSPS) is 25.4. The van der Waals surface area contributed by atoms with E-state index >= 15 is 0 Å². The molecular weight excluding hydrogens is 344 g/mol. The molecule has 0 aliphatic carbocycles. The van der Waals surface area contributed by atoms with Crippen LogP contribution >= 0.6 is 0 Å². The van der Waals surface area contributed by atoms with Crippen molar-refractivity contribution in [3.05, 3.63) is 30.1 Å². The van der Waals surface area contributed by atoms with E-state index in [-0.39, 0.29) is 23.9 Å². The zero-order valence-corrected chi connectivity index (χ0v) is 16.9. The van der Waals surface area contributed by atoms with Gasteiger partial charge in [-0.05, 0) is 58.2 Å². The van der Waals surface area contributed by atoms with Gasteiger partial charge in [0, 0.05) is 44.9 Å². The third kappa shape index (κ3) is 5.20. The van der Waals surface area contributed by atoms with Crippen LogP contribution in [-0.4, -0.2) is 53.0 Å². The molecule has 6 heteroatoms. The Morgan fingerprint density at radius 1 is 1.30 bits per heavy atom. The number of piperidine rings is 1. The van der Waals surface area contributed by atoms with Crippen molar-refractivity contribution in [2.75, 3.05) is 19.7 Å². The van der Waals surface area contributed by atoms with Crippen LogP contribution in [0.3, 0.4) is 0 Å². The van der Waals surface area contributed by atoms with Crippen molar-refractivity contribution in [1.82, 2.24) is 9.88 Å². The molecule has 2 saturated heterocycles. The van der Waals surface area contributed by atoms with E-state index in [4.69, 9.17) is 14.2 Å². The number of aromatic nitrogens is 1. The second-order valence-electron chi connectivity index (χ2n) is 8.55. The lowest BCUT2D eigenvalue weighted by molar-refractivity contribution is -0.191. The summed E-state index contributed by atoms with van der Waals surface area (Å²) >= 11 is 0. The highest BCUT2D eigenvalue weighted by Crippen LogP contribution is 2.43. The molecule has 0 radical (unpaired) electrons. The van der Waals surface area contributed by atoms with Crippen molar-refractivity contribution >= 4 is 6.09 Å². The van der Waals surface area contributed by atoms with Crippen LogP contribution in [0.4, 0.5) is 4.79 Å². The second-order valence-corrected chi connectivity index (χ2v) is 8.55. The van der Waals surface area contributed by atoms with Crippen LogP contribution in [0, 0.1) is 0 Å². The fraction of sp³-hybridized carbons (Fsp3) is 0.714. The predicted octanol–water partition coefficient (Wildman–Crippen LogP) is 4.11. The van der Waals surface area contributed by atoms with E-state index in [2.05, 4.69) is 4.98 Å². The molecule has 27 heavy (non-hydrogen) atoms. The molecule has 1 aromatic heterocycles. The third-order valence-electron chi connectivity index (χ3n) is 5.28. The molecule has 3 heterocycles. The Kier molecular flexibility index (Phi) is 6.06. The zero-order chi connectivity index (χ0) is 19.5. The first-order valence-corrected chi connectivity index (χ1v) is 9.97. The molecule has 2 aliphatic heterocycles. The molecule has 0 bridgehead atoms. The van der Waals surface area contributed by atoms with E-state index < -0.39 is 5.60 Å². The van der Waals surface area contributed by atoms with Gasteiger partial charge in [0.15, 0.2) is 0 Å². The average Bonchev–Trinajstić information content (AvgIpc) is 2.61. The smallest absolute Gasteiger partial charge is 0.410 e. The summed E-state index contributed by atoms with van der Waals surface area (Å²) < 4.78 is 18.1. The SMILES string of the molecule is CCO[C@H]1C[C@@H](c2ccncc2)OC2(CCN(C(=O)OC(C)(C)C)CC2)C1. The highest BCUT2D eigenvalue weighted by Gasteiger charge is 2.45. The number of carbonyl (C=O) groups excluding carboxylic acids is 1. The zero-order valence-electron chi connectivity index (χ0n) is 16.9. The van der Waals surface area contributed by atoms with Crippen molar-refractivity contribution in [1.29, 1.82) is 0 Å². The standard InChI is InChI=1S/C21H32N2O4/c1-5-25-17-14-18(16-6-10-22-11-7-16)26-21(15-17)8-12-23(13-9-21)19(24)27-20(2,3)4/h6-7,10-11,17-18H,5,8-9,12-15H2,1-4H3/t17-,18-/m0/s1. The summed E-state index contributed by atoms with van der Waals surface area (Å²) in [6.45, 7) is 9.72. The molecule has 1 spiro atoms. The van der Waals surface area contributed by atoms with E-state index in [1.165, 1.54) is 0 Å². The highest BCUT2D eigenvalue weighted by atomic mass is 16.6. The van der Waals surface area contributed by atoms with Crippen LogP contribution in [0.2, 0.25) is 0 Å². The van der Waals surface area contributed by atoms with Crippen LogP contribution in [-0.2, 0) is 14.2 Å². The molecule has 0 N–H and O–H groups in total. The molecular formula is C21H32N2O4. The third-order valence-corrected chi connectivity index (χ3v) is 5.28. The number of ether oxygens (including phenoxy) is 3. The number of pyridine rings is 1. The highest BCUT2D eigenvalue weighted by molar-refractivity contribution is 5.68. The van der Waals surface area contributed by atoms with Gasteiger partial charge in [-0.1, -0.05) is 0 Å². The van der Waals surface area contributed by atoms with Crippen LogP contribution in [0.25, 0.3) is 0 Å². The summed E-state index contributed by atoms with van der Waals surface area (Å²) in [7, 11) is 0. The lowest BCUT2D eigenvalue weighted by Gasteiger charge is -2.48. The van der Waals surface area contributed by atoms with Crippen molar-refractivity contribution in [3.63, 3.8) is 0 Å². The summed E-state index contributed by atoms with van der Waals surface area (Å²) in [5, 5.41) is 0. The first-order chi connectivity index (χ1) is 12.8. The quantitative estimate of drug-likeness (QED) is 0.794. The number of amides is 1. The Hall–Kier alpha value is -1.66. The Bertz CT molecular complexity index is 621. The molecule has 0 unspecified atom stereocenters. The number of rotatable bonds is 3. The van der Waals surface area contributed by atoms with Gasteiger partial charge in [0.2, 0.25) is 0 Å². The van der Waals surface area contributed by atoms with Crippen molar-refractivity contribution < 1.29 is 19.0 Å². The molecule has 2 fully saturated rings. The number of nitrogens with zero attached hydrogens (tertiary/aromatic N) is 2. The maximum Gasteiger partial charge on any atom is 0.410 e. The van der Waals surface area contributed by atoms with Crippen molar-refractivity contribution in [2.45, 2.75) is 76.8 Å². The van der Waals surface area contributed by atoms with E-state index in [0.29, 0.717) is 19.7 Å². The Morgan fingerprint density at radius 2 is 1.96 bits per heavy atom. The maximum atomic E-state index is 12.4. The fourth-order valence-electron chi connectivity index (χ4n) is 4.03. The van der Waals surface area contributed by atoms with Gasteiger partial charge >= 0.3 is 6.09 Å². The first kappa shape index (κ1) is 20.1. The summed E-state index contributed by atoms with van der Waals surface area (Å²) in [6.07, 6.45) is 6.90. The first-order valence-electron chi connectivity index (χ1n) is 9.97. The molecule has 0 aromatic carbocycles. The lowest BCUT2D eigenvalue weighted by Crippen LogP contribution is -2.53. The molecule has 1 amide bonds. The number of hydrogen-bond acceptors (Lipinski definition) is 5. The molecule has 2 atom stereocenters. The number of carbonyl (C=O) groups is 1. The molecule has 3 rings (SSSR count). The van der Waals surface area contributed by atoms with Gasteiger partial charge < -0.3 is 19.1 Å². The lowest BCUT2D eigenvalue weighted by atomic mass is 9.81. The minimum absolute atomic E-state index is 0.00590. The van der Waals surface area contributed by atoms with E-state index in [0.717, 1.165) is 31.2 Å². The minimum atomic E-state index is -0.472. The maximum absolute atomic E-state index is 12.4. The molecule has 2 aliphatic rings. The van der Waals surface area contributed by atoms with Crippen LogP contribution in [0.1, 0.15) is 65.0 Å². The van der Waals surface area contributed by atoms with Gasteiger partial charge in [-0.2, -0.15) is 0 Å². The summed E-state index contributed by atoms with van der Waals surface area (Å²) in [4.78, 5) is 18.3. The largest absolute Gasteiger partial charge is 0.444 e. The topological polar surface area (TPSA) is 60.9 Å². The molecule has 1 aromatic rings. The van der Waals surface area contributed by atoms with Gasteiger partial charge in [-0.3, -0.25) is 4.98 Å². The number of hydrogen-bond donors (Lipinski definition) is 0. The molecule has 0 saturated carbocycles. The fourth-order valence-corrected chi connectivity index (χ4v) is 4.03. The van der Waals surface area contributed by atoms with Gasteiger partial charge in [0.05, 0.1) is 17.8 Å². The monoisotopic (exact) mass is 376 g/mol. The Labute approximate surface area is 162 Å². The average molecular weight is 376 g/mol. The van der Waals surface area contributed by atoms with Gasteiger partial charge in [-0.25, -0.2) is 4.79 Å². The van der Waals surface area contributed by atoms with Crippen molar-refractivity contribution in [2.24, 2.45) is 0 Å². The van der Waals surface area contributed by atoms with Crippen LogP contribution < -0.4 is 0 Å². The second kappa shape index (κ2) is 8.15. The minimum Gasteiger partial charge on any atom is -0.444 e. The molecule has 6 nitrogen and oxygen atoms in total. The van der Waals surface area contributed by atoms with Crippen molar-refractivity contribution in [3.8, 4) is 0 Å². The summed E-state index contributed by atoms with van der Waals surface area (Å²) in [5.74, 6) is 0. The summed E-state index contributed by atoms with van der Waals surface area (Å²) in [5.41, 5.74) is 0.424. The molecule has 150 valence electrons. The summed E-state index contributed by atoms with van der Waals surface area (Å²) in [6, 6.07) is 4.03. The Morgan fingerprint density at radius 3 is 2.56 bits per heavy atom. The van der Waals surface area contributed by atoms with Crippen LogP contribution in [0.5, 0.6) is 0 Å². The van der Waals surface area contributed by atoms with E-state index in [9.17, 15) is 4.79 Å². The van der Waals surface area contributed by atoms with Gasteiger partial charge in [0.25, 0.3) is 0 Å².